The van der Waals surface area contributed by atoms with E-state index in [0.29, 0.717) is 0 Å². The van der Waals surface area contributed by atoms with Crippen LogP contribution in [0.2, 0.25) is 0 Å². The van der Waals surface area contributed by atoms with Gasteiger partial charge in [-0.1, -0.05) is 13.3 Å². The van der Waals surface area contributed by atoms with Crippen LogP contribution in [0.1, 0.15) is 25.5 Å². The number of anilines is 1. The summed E-state index contributed by atoms with van der Waals surface area (Å²) in [7, 11) is 0. The molecule has 0 saturated carbocycles. The maximum absolute atomic E-state index is 4.34. The van der Waals surface area contributed by atoms with Crippen molar-refractivity contribution in [3.8, 4) is 0 Å². The topological polar surface area (TPSA) is 42.2 Å². The maximum atomic E-state index is 4.34. The number of nitrogens with zero attached hydrogens (tertiary/aromatic N) is 3. The molecule has 2 aromatic heterocycles. The molecule has 15 heavy (non-hydrogen) atoms. The number of fused-ring (bicyclic) bond motifs is 1. The fourth-order valence-electron chi connectivity index (χ4n) is 1.56. The molecule has 0 aliphatic heterocycles. The lowest BCUT2D eigenvalue weighted by Gasteiger charge is -2.05. The lowest BCUT2D eigenvalue weighted by molar-refractivity contribution is 0.829. The largest absolute Gasteiger partial charge is 0.368 e. The Balaban J connectivity index is 2.25. The van der Waals surface area contributed by atoms with Crippen LogP contribution in [0.25, 0.3) is 5.52 Å². The van der Waals surface area contributed by atoms with Gasteiger partial charge in [-0.2, -0.15) is 5.10 Å². The first-order chi connectivity index (χ1) is 7.31. The van der Waals surface area contributed by atoms with Crippen LogP contribution in [-0.4, -0.2) is 21.1 Å². The third-order valence-electron chi connectivity index (χ3n) is 2.33. The second kappa shape index (κ2) is 4.29. The van der Waals surface area contributed by atoms with Crippen molar-refractivity contribution in [1.82, 2.24) is 14.6 Å². The summed E-state index contributed by atoms with van der Waals surface area (Å²) >= 11 is 0. The van der Waals surface area contributed by atoms with E-state index in [1.165, 1.54) is 6.42 Å². The molecule has 0 aromatic carbocycles. The molecule has 0 radical (unpaired) electrons. The average Bonchev–Trinajstić information content (AvgIpc) is 2.59. The van der Waals surface area contributed by atoms with Crippen LogP contribution in [-0.2, 0) is 0 Å². The number of rotatable bonds is 4. The monoisotopic (exact) mass is 204 g/mol. The van der Waals surface area contributed by atoms with Crippen molar-refractivity contribution in [2.24, 2.45) is 0 Å². The highest BCUT2D eigenvalue weighted by molar-refractivity contribution is 5.67. The van der Waals surface area contributed by atoms with Crippen LogP contribution in [0.5, 0.6) is 0 Å². The van der Waals surface area contributed by atoms with Gasteiger partial charge in [0.25, 0.3) is 0 Å². The lowest BCUT2D eigenvalue weighted by Crippen LogP contribution is -2.04. The van der Waals surface area contributed by atoms with Gasteiger partial charge < -0.3 is 5.32 Å². The molecular formula is C11H16N4. The SMILES string of the molecule is CCCCNc1nccn2nc(C)cc12. The summed E-state index contributed by atoms with van der Waals surface area (Å²) in [4.78, 5) is 4.32. The molecule has 0 saturated heterocycles. The molecule has 1 N–H and O–H groups in total. The fraction of sp³-hybridized carbons (Fsp3) is 0.455. The zero-order valence-electron chi connectivity index (χ0n) is 9.20. The Morgan fingerprint density at radius 2 is 2.33 bits per heavy atom. The Hall–Kier alpha value is -1.58. The number of hydrogen-bond acceptors (Lipinski definition) is 3. The van der Waals surface area contributed by atoms with Gasteiger partial charge in [0.05, 0.1) is 5.69 Å². The van der Waals surface area contributed by atoms with Gasteiger partial charge in [-0.15, -0.1) is 0 Å². The molecule has 0 aliphatic carbocycles. The highest BCUT2D eigenvalue weighted by atomic mass is 15.2. The fourth-order valence-corrected chi connectivity index (χ4v) is 1.56. The first-order valence-corrected chi connectivity index (χ1v) is 5.36. The van der Waals surface area contributed by atoms with Gasteiger partial charge >= 0.3 is 0 Å². The standard InChI is InChI=1S/C11H16N4/c1-3-4-5-12-11-10-8-9(2)14-15(10)7-6-13-11/h6-8H,3-5H2,1-2H3,(H,12,13). The van der Waals surface area contributed by atoms with Crippen LogP contribution in [0, 0.1) is 6.92 Å². The lowest BCUT2D eigenvalue weighted by atomic mass is 10.3. The van der Waals surface area contributed by atoms with Gasteiger partial charge in [0, 0.05) is 18.9 Å². The van der Waals surface area contributed by atoms with E-state index in [2.05, 4.69) is 22.3 Å². The number of unbranched alkanes of at least 4 members (excludes halogenated alkanes) is 1. The van der Waals surface area contributed by atoms with Crippen molar-refractivity contribution in [1.29, 1.82) is 0 Å². The van der Waals surface area contributed by atoms with E-state index in [9.17, 15) is 0 Å². The molecule has 2 rings (SSSR count). The molecule has 0 amide bonds. The van der Waals surface area contributed by atoms with Crippen molar-refractivity contribution < 1.29 is 0 Å². The second-order valence-corrected chi connectivity index (χ2v) is 3.67. The molecule has 0 aliphatic rings. The predicted molar refractivity (Wildman–Crippen MR) is 61.1 cm³/mol. The summed E-state index contributed by atoms with van der Waals surface area (Å²) < 4.78 is 1.86. The predicted octanol–water partition coefficient (Wildman–Crippen LogP) is 2.25. The van der Waals surface area contributed by atoms with Gasteiger partial charge in [-0.25, -0.2) is 9.50 Å². The first kappa shape index (κ1) is 9.96. The minimum absolute atomic E-state index is 0.923. The highest BCUT2D eigenvalue weighted by Crippen LogP contribution is 2.14. The molecule has 80 valence electrons. The van der Waals surface area contributed by atoms with Gasteiger partial charge in [0.2, 0.25) is 0 Å². The third-order valence-corrected chi connectivity index (χ3v) is 2.33. The number of hydrogen-bond donors (Lipinski definition) is 1. The number of nitrogens with one attached hydrogen (secondary N) is 1. The zero-order chi connectivity index (χ0) is 10.7. The summed E-state index contributed by atoms with van der Waals surface area (Å²) in [6.07, 6.45) is 5.99. The average molecular weight is 204 g/mol. The molecule has 0 spiro atoms. The molecule has 2 heterocycles. The van der Waals surface area contributed by atoms with Crippen LogP contribution in [0.15, 0.2) is 18.5 Å². The Kier molecular flexibility index (Phi) is 2.85. The minimum atomic E-state index is 0.923. The molecule has 4 heteroatoms. The van der Waals surface area contributed by atoms with Crippen molar-refractivity contribution >= 4 is 11.3 Å². The van der Waals surface area contributed by atoms with E-state index in [4.69, 9.17) is 0 Å². The molecule has 4 nitrogen and oxygen atoms in total. The van der Waals surface area contributed by atoms with Crippen molar-refractivity contribution in [3.05, 3.63) is 24.2 Å². The molecular weight excluding hydrogens is 188 g/mol. The Labute approximate surface area is 89.3 Å². The molecule has 0 bridgehead atoms. The molecule has 0 atom stereocenters. The summed E-state index contributed by atoms with van der Waals surface area (Å²) in [6.45, 7) is 5.13. The van der Waals surface area contributed by atoms with Crippen LogP contribution < -0.4 is 5.32 Å². The van der Waals surface area contributed by atoms with Gasteiger partial charge in [0.15, 0.2) is 5.82 Å². The molecule has 0 unspecified atom stereocenters. The summed E-state index contributed by atoms with van der Waals surface area (Å²) in [5.74, 6) is 0.923. The van der Waals surface area contributed by atoms with E-state index < -0.39 is 0 Å². The third kappa shape index (κ3) is 2.09. The van der Waals surface area contributed by atoms with Gasteiger partial charge in [-0.3, -0.25) is 0 Å². The number of aryl methyl sites for hydroxylation is 1. The van der Waals surface area contributed by atoms with Crippen molar-refractivity contribution in [2.75, 3.05) is 11.9 Å². The normalized spacial score (nSPS) is 10.8. The van der Waals surface area contributed by atoms with E-state index in [0.717, 1.165) is 30.0 Å². The highest BCUT2D eigenvalue weighted by Gasteiger charge is 2.03. The van der Waals surface area contributed by atoms with Gasteiger partial charge in [-0.05, 0) is 19.4 Å². The Morgan fingerprint density at radius 1 is 1.47 bits per heavy atom. The number of aromatic nitrogens is 3. The first-order valence-electron chi connectivity index (χ1n) is 5.36. The van der Waals surface area contributed by atoms with E-state index >= 15 is 0 Å². The van der Waals surface area contributed by atoms with E-state index in [1.807, 2.05) is 23.7 Å². The summed E-state index contributed by atoms with van der Waals surface area (Å²) in [6, 6.07) is 2.04. The second-order valence-electron chi connectivity index (χ2n) is 3.67. The molecule has 2 aromatic rings. The van der Waals surface area contributed by atoms with Gasteiger partial charge in [0.1, 0.15) is 5.52 Å². The van der Waals surface area contributed by atoms with E-state index in [1.54, 1.807) is 6.20 Å². The summed E-state index contributed by atoms with van der Waals surface area (Å²) in [5, 5.41) is 7.67. The van der Waals surface area contributed by atoms with Crippen molar-refractivity contribution in [2.45, 2.75) is 26.7 Å². The van der Waals surface area contributed by atoms with Crippen molar-refractivity contribution in [3.63, 3.8) is 0 Å². The van der Waals surface area contributed by atoms with E-state index in [-0.39, 0.29) is 0 Å². The van der Waals surface area contributed by atoms with Crippen LogP contribution >= 0.6 is 0 Å². The summed E-state index contributed by atoms with van der Waals surface area (Å²) in [5.41, 5.74) is 2.06. The maximum Gasteiger partial charge on any atom is 0.152 e. The zero-order valence-corrected chi connectivity index (χ0v) is 9.20. The van der Waals surface area contributed by atoms with Crippen LogP contribution in [0.3, 0.4) is 0 Å². The Morgan fingerprint density at radius 3 is 3.13 bits per heavy atom. The smallest absolute Gasteiger partial charge is 0.152 e. The quantitative estimate of drug-likeness (QED) is 0.777. The molecule has 0 fully saturated rings. The Bertz CT molecular complexity index is 447. The van der Waals surface area contributed by atoms with Crippen LogP contribution in [0.4, 0.5) is 5.82 Å². The minimum Gasteiger partial charge on any atom is -0.368 e.